The largest absolute Gasteiger partial charge is 0.444 e. The average molecular weight is 365 g/mol. The Balaban J connectivity index is 1.85. The van der Waals surface area contributed by atoms with E-state index in [2.05, 4.69) is 20.8 Å². The predicted octanol–water partition coefficient (Wildman–Crippen LogP) is 2.87. The van der Waals surface area contributed by atoms with Crippen LogP contribution in [0.3, 0.4) is 0 Å². The number of hydrogen-bond acceptors (Lipinski definition) is 5. The van der Waals surface area contributed by atoms with E-state index in [1.807, 2.05) is 30.3 Å². The molecule has 2 aromatic rings. The van der Waals surface area contributed by atoms with E-state index in [0.717, 1.165) is 5.56 Å². The van der Waals surface area contributed by atoms with Gasteiger partial charge in [0, 0.05) is 12.8 Å². The molecule has 0 bridgehead atoms. The molecule has 1 aromatic heterocycles. The molecule has 1 aliphatic carbocycles. The van der Waals surface area contributed by atoms with Gasteiger partial charge in [0.1, 0.15) is 11.1 Å². The minimum atomic E-state index is -2.89. The number of amides is 1. The number of nitrogens with zero attached hydrogens (tertiary/aromatic N) is 4. The number of aromatic nitrogens is 4. The Morgan fingerprint density at radius 2 is 1.92 bits per heavy atom. The number of alkyl carbamates (subject to hydrolysis) is 1. The van der Waals surface area contributed by atoms with Crippen LogP contribution in [-0.2, 0) is 16.8 Å². The highest BCUT2D eigenvalue weighted by Crippen LogP contribution is 2.51. The molecule has 1 aliphatic rings. The van der Waals surface area contributed by atoms with Crippen LogP contribution in [0.15, 0.2) is 30.3 Å². The summed E-state index contributed by atoms with van der Waals surface area (Å²) in [6.07, 6.45) is -1.93. The molecule has 0 radical (unpaired) electrons. The molecule has 0 atom stereocenters. The van der Waals surface area contributed by atoms with Crippen molar-refractivity contribution in [2.24, 2.45) is 0 Å². The van der Waals surface area contributed by atoms with Gasteiger partial charge < -0.3 is 10.1 Å². The molecule has 3 rings (SSSR count). The molecule has 7 nitrogen and oxygen atoms in total. The third-order valence-electron chi connectivity index (χ3n) is 4.00. The molecule has 1 heterocycles. The molecule has 1 amide bonds. The van der Waals surface area contributed by atoms with Crippen LogP contribution in [0, 0.1) is 0 Å². The maximum Gasteiger partial charge on any atom is 0.408 e. The summed E-state index contributed by atoms with van der Waals surface area (Å²) in [6.45, 7) is 5.42. The lowest BCUT2D eigenvalue weighted by atomic mass is 9.72. The number of hydrogen-bond donors (Lipinski definition) is 1. The Bertz CT molecular complexity index is 778. The summed E-state index contributed by atoms with van der Waals surface area (Å²) in [5.74, 6) is -2.70. The fourth-order valence-corrected chi connectivity index (χ4v) is 3.04. The van der Waals surface area contributed by atoms with Crippen molar-refractivity contribution in [2.45, 2.75) is 57.2 Å². The van der Waals surface area contributed by atoms with E-state index in [1.54, 1.807) is 20.8 Å². The van der Waals surface area contributed by atoms with Crippen LogP contribution in [0.2, 0.25) is 0 Å². The minimum Gasteiger partial charge on any atom is -0.444 e. The van der Waals surface area contributed by atoms with Gasteiger partial charge in [0.25, 0.3) is 5.92 Å². The van der Waals surface area contributed by atoms with Crippen molar-refractivity contribution in [2.75, 3.05) is 0 Å². The van der Waals surface area contributed by atoms with Crippen LogP contribution in [0.4, 0.5) is 13.6 Å². The van der Waals surface area contributed by atoms with Crippen LogP contribution in [-0.4, -0.2) is 37.8 Å². The first-order chi connectivity index (χ1) is 12.1. The van der Waals surface area contributed by atoms with Gasteiger partial charge >= 0.3 is 6.09 Å². The van der Waals surface area contributed by atoms with E-state index in [4.69, 9.17) is 4.74 Å². The van der Waals surface area contributed by atoms with Gasteiger partial charge in [-0.1, -0.05) is 30.3 Å². The zero-order chi connectivity index (χ0) is 19.0. The molecule has 26 heavy (non-hydrogen) atoms. The van der Waals surface area contributed by atoms with Crippen LogP contribution in [0.25, 0.3) is 0 Å². The summed E-state index contributed by atoms with van der Waals surface area (Å²) in [5, 5.41) is 14.0. The van der Waals surface area contributed by atoms with E-state index in [1.165, 1.54) is 4.68 Å². The van der Waals surface area contributed by atoms with Crippen molar-refractivity contribution in [3.63, 3.8) is 0 Å². The second kappa shape index (κ2) is 6.30. The Labute approximate surface area is 149 Å². The number of carbonyl (C=O) groups excluding carboxylic acids is 1. The highest BCUT2D eigenvalue weighted by Gasteiger charge is 2.61. The third kappa shape index (κ3) is 3.97. The molecule has 9 heteroatoms. The van der Waals surface area contributed by atoms with E-state index in [-0.39, 0.29) is 5.82 Å². The van der Waals surface area contributed by atoms with Crippen molar-refractivity contribution in [3.05, 3.63) is 41.7 Å². The number of nitrogens with one attached hydrogen (secondary N) is 1. The Kier molecular flexibility index (Phi) is 4.41. The first-order valence-corrected chi connectivity index (χ1v) is 8.28. The van der Waals surface area contributed by atoms with Gasteiger partial charge in [0.15, 0.2) is 5.82 Å². The predicted molar refractivity (Wildman–Crippen MR) is 88.6 cm³/mol. The van der Waals surface area contributed by atoms with Crippen LogP contribution < -0.4 is 5.32 Å². The van der Waals surface area contributed by atoms with Crippen molar-refractivity contribution < 1.29 is 18.3 Å². The maximum absolute atomic E-state index is 13.7. The fourth-order valence-electron chi connectivity index (χ4n) is 3.04. The second-order valence-corrected chi connectivity index (χ2v) is 7.56. The molecule has 0 saturated heterocycles. The SMILES string of the molecule is CC(C)(C)OC(=O)NC1(c2nnnn2Cc2ccccc2)CC(F)(F)C1. The minimum absolute atomic E-state index is 0.193. The molecule has 140 valence electrons. The Morgan fingerprint density at radius 1 is 1.27 bits per heavy atom. The van der Waals surface area contributed by atoms with Crippen LogP contribution in [0.5, 0.6) is 0 Å². The van der Waals surface area contributed by atoms with E-state index in [9.17, 15) is 13.6 Å². The number of ether oxygens (including phenoxy) is 1. The smallest absolute Gasteiger partial charge is 0.408 e. The van der Waals surface area contributed by atoms with Crippen molar-refractivity contribution in [1.82, 2.24) is 25.5 Å². The number of halogens is 2. The fraction of sp³-hybridized carbons (Fsp3) is 0.529. The summed E-state index contributed by atoms with van der Waals surface area (Å²) >= 11 is 0. The van der Waals surface area contributed by atoms with Gasteiger partial charge in [-0.05, 0) is 36.8 Å². The quantitative estimate of drug-likeness (QED) is 0.901. The maximum atomic E-state index is 13.7. The lowest BCUT2D eigenvalue weighted by molar-refractivity contribution is -0.140. The van der Waals surface area contributed by atoms with Crippen molar-refractivity contribution >= 4 is 6.09 Å². The van der Waals surface area contributed by atoms with E-state index >= 15 is 0 Å². The first kappa shape index (κ1) is 18.2. The summed E-state index contributed by atoms with van der Waals surface area (Å²) in [6, 6.07) is 9.38. The Morgan fingerprint density at radius 3 is 2.50 bits per heavy atom. The molecule has 1 fully saturated rings. The zero-order valence-corrected chi connectivity index (χ0v) is 14.9. The summed E-state index contributed by atoms with van der Waals surface area (Å²) in [4.78, 5) is 12.2. The lowest BCUT2D eigenvalue weighted by Gasteiger charge is -2.46. The molecule has 1 N–H and O–H groups in total. The molecule has 1 saturated carbocycles. The Hall–Kier alpha value is -2.58. The van der Waals surface area contributed by atoms with Gasteiger partial charge in [-0.15, -0.1) is 5.10 Å². The van der Waals surface area contributed by atoms with Crippen LogP contribution >= 0.6 is 0 Å². The van der Waals surface area contributed by atoms with Crippen LogP contribution in [0.1, 0.15) is 45.0 Å². The zero-order valence-electron chi connectivity index (χ0n) is 14.9. The number of alkyl halides is 2. The molecule has 0 spiro atoms. The monoisotopic (exact) mass is 365 g/mol. The molecular weight excluding hydrogens is 344 g/mol. The van der Waals surface area contributed by atoms with Gasteiger partial charge in [0.2, 0.25) is 0 Å². The summed E-state index contributed by atoms with van der Waals surface area (Å²) < 4.78 is 34.1. The molecular formula is C17H21F2N5O2. The number of carbonyl (C=O) groups is 1. The summed E-state index contributed by atoms with van der Waals surface area (Å²) in [7, 11) is 0. The first-order valence-electron chi connectivity index (χ1n) is 8.28. The lowest BCUT2D eigenvalue weighted by Crippen LogP contribution is -2.61. The van der Waals surface area contributed by atoms with Gasteiger partial charge in [-0.25, -0.2) is 18.3 Å². The van der Waals surface area contributed by atoms with Crippen molar-refractivity contribution in [3.8, 4) is 0 Å². The van der Waals surface area contributed by atoms with Gasteiger partial charge in [-0.2, -0.15) is 0 Å². The van der Waals surface area contributed by atoms with Crippen molar-refractivity contribution in [1.29, 1.82) is 0 Å². The van der Waals surface area contributed by atoms with E-state index < -0.39 is 36.0 Å². The topological polar surface area (TPSA) is 81.9 Å². The van der Waals surface area contributed by atoms with Gasteiger partial charge in [0.05, 0.1) is 6.54 Å². The highest BCUT2D eigenvalue weighted by molar-refractivity contribution is 5.69. The van der Waals surface area contributed by atoms with Gasteiger partial charge in [-0.3, -0.25) is 0 Å². The third-order valence-corrected chi connectivity index (χ3v) is 4.00. The molecule has 1 aromatic carbocycles. The second-order valence-electron chi connectivity index (χ2n) is 7.56. The average Bonchev–Trinajstić information content (AvgIpc) is 2.92. The molecule has 0 unspecified atom stereocenters. The van der Waals surface area contributed by atoms with E-state index in [0.29, 0.717) is 6.54 Å². The highest BCUT2D eigenvalue weighted by atomic mass is 19.3. The molecule has 0 aliphatic heterocycles. The normalized spacial score (nSPS) is 18.0. The standard InChI is InChI=1S/C17H21F2N5O2/c1-15(2,3)26-14(25)20-16(10-17(18,19)11-16)13-21-22-23-24(13)9-12-7-5-4-6-8-12/h4-8H,9-11H2,1-3H3,(H,20,25). The number of tetrazole rings is 1. The number of rotatable bonds is 4. The number of benzene rings is 1. The summed E-state index contributed by atoms with van der Waals surface area (Å²) in [5.41, 5.74) is -1.18.